The first-order valence-corrected chi connectivity index (χ1v) is 6.86. The molecule has 0 bridgehead atoms. The Bertz CT molecular complexity index is 661. The van der Waals surface area contributed by atoms with Gasteiger partial charge in [0, 0.05) is 24.1 Å². The third-order valence-corrected chi connectivity index (χ3v) is 3.32. The number of hydrogen-bond acceptors (Lipinski definition) is 3. The van der Waals surface area contributed by atoms with E-state index >= 15 is 0 Å². The Morgan fingerprint density at radius 3 is 2.33 bits per heavy atom. The van der Waals surface area contributed by atoms with Crippen LogP contribution in [0.4, 0.5) is 19.0 Å². The monoisotopic (exact) mass is 293 g/mol. The number of aromatic nitrogens is 2. The molecule has 110 valence electrons. The van der Waals surface area contributed by atoms with Crippen molar-refractivity contribution >= 4 is 5.82 Å². The lowest BCUT2D eigenvalue weighted by molar-refractivity contribution is 0.447. The average molecular weight is 293 g/mol. The van der Waals surface area contributed by atoms with Gasteiger partial charge in [-0.3, -0.25) is 0 Å². The molecule has 1 aromatic heterocycles. The molecule has 1 saturated carbocycles. The number of nitrogens with one attached hydrogen (secondary N) is 1. The standard InChI is InChI=1S/C15H14F3N3/c1-2-19-13-7-12(20-15(21-13)8-3-4-8)9-5-10(16)14(18)11(17)6-9/h5-8H,2-4H2,1H3,(H,19,20,21). The maximum Gasteiger partial charge on any atom is 0.194 e. The number of hydrogen-bond donors (Lipinski definition) is 1. The fraction of sp³-hybridized carbons (Fsp3) is 0.333. The van der Waals surface area contributed by atoms with E-state index < -0.39 is 17.5 Å². The zero-order valence-corrected chi connectivity index (χ0v) is 11.5. The van der Waals surface area contributed by atoms with Gasteiger partial charge in [-0.15, -0.1) is 0 Å². The molecule has 1 aromatic carbocycles. The summed E-state index contributed by atoms with van der Waals surface area (Å²) in [5, 5.41) is 3.07. The third-order valence-electron chi connectivity index (χ3n) is 3.32. The number of anilines is 1. The van der Waals surface area contributed by atoms with Crippen LogP contribution in [0.3, 0.4) is 0 Å². The molecule has 0 atom stereocenters. The van der Waals surface area contributed by atoms with Gasteiger partial charge in [-0.05, 0) is 31.9 Å². The summed E-state index contributed by atoms with van der Waals surface area (Å²) >= 11 is 0. The molecule has 1 aliphatic carbocycles. The Kier molecular flexibility index (Phi) is 3.53. The summed E-state index contributed by atoms with van der Waals surface area (Å²) in [5.74, 6) is -2.34. The summed E-state index contributed by atoms with van der Waals surface area (Å²) in [6.45, 7) is 2.60. The molecule has 0 radical (unpaired) electrons. The van der Waals surface area contributed by atoms with Crippen molar-refractivity contribution in [3.8, 4) is 11.3 Å². The van der Waals surface area contributed by atoms with Crippen molar-refractivity contribution in [2.75, 3.05) is 11.9 Å². The smallest absolute Gasteiger partial charge is 0.194 e. The fourth-order valence-corrected chi connectivity index (χ4v) is 2.11. The number of halogens is 3. The number of benzene rings is 1. The Morgan fingerprint density at radius 1 is 1.10 bits per heavy atom. The van der Waals surface area contributed by atoms with Gasteiger partial charge in [0.05, 0.1) is 5.69 Å². The molecule has 1 fully saturated rings. The molecule has 1 aliphatic rings. The largest absolute Gasteiger partial charge is 0.370 e. The maximum absolute atomic E-state index is 13.4. The molecule has 0 saturated heterocycles. The second-order valence-corrected chi connectivity index (χ2v) is 5.06. The van der Waals surface area contributed by atoms with Crippen LogP contribution in [-0.2, 0) is 0 Å². The van der Waals surface area contributed by atoms with Crippen LogP contribution < -0.4 is 5.32 Å². The summed E-state index contributed by atoms with van der Waals surface area (Å²) in [6, 6.07) is 3.52. The molecule has 0 unspecified atom stereocenters. The van der Waals surface area contributed by atoms with E-state index in [9.17, 15) is 13.2 Å². The first kappa shape index (κ1) is 13.9. The maximum atomic E-state index is 13.4. The molecule has 1 heterocycles. The van der Waals surface area contributed by atoms with Crippen LogP contribution in [0.5, 0.6) is 0 Å². The van der Waals surface area contributed by atoms with Crippen molar-refractivity contribution in [1.82, 2.24) is 9.97 Å². The van der Waals surface area contributed by atoms with Gasteiger partial charge in [0.2, 0.25) is 0 Å². The highest BCUT2D eigenvalue weighted by Crippen LogP contribution is 2.39. The second kappa shape index (κ2) is 5.35. The lowest BCUT2D eigenvalue weighted by atomic mass is 10.1. The molecule has 3 nitrogen and oxygen atoms in total. The second-order valence-electron chi connectivity index (χ2n) is 5.06. The number of rotatable bonds is 4. The molecule has 0 spiro atoms. The highest BCUT2D eigenvalue weighted by molar-refractivity contribution is 5.63. The van der Waals surface area contributed by atoms with E-state index in [1.54, 1.807) is 6.07 Å². The van der Waals surface area contributed by atoms with E-state index in [-0.39, 0.29) is 5.56 Å². The highest BCUT2D eigenvalue weighted by atomic mass is 19.2. The molecule has 2 aromatic rings. The van der Waals surface area contributed by atoms with E-state index in [0.29, 0.717) is 29.8 Å². The Morgan fingerprint density at radius 2 is 1.76 bits per heavy atom. The zero-order valence-electron chi connectivity index (χ0n) is 11.5. The molecular weight excluding hydrogens is 279 g/mol. The summed E-state index contributed by atoms with van der Waals surface area (Å²) < 4.78 is 39.8. The molecule has 0 amide bonds. The van der Waals surface area contributed by atoms with Gasteiger partial charge in [0.25, 0.3) is 0 Å². The molecule has 0 aliphatic heterocycles. The predicted molar refractivity (Wildman–Crippen MR) is 73.5 cm³/mol. The Balaban J connectivity index is 2.08. The lowest BCUT2D eigenvalue weighted by Crippen LogP contribution is -2.04. The van der Waals surface area contributed by atoms with Gasteiger partial charge >= 0.3 is 0 Å². The van der Waals surface area contributed by atoms with Gasteiger partial charge in [0.1, 0.15) is 11.6 Å². The minimum Gasteiger partial charge on any atom is -0.370 e. The molecule has 6 heteroatoms. The first-order valence-electron chi connectivity index (χ1n) is 6.86. The average Bonchev–Trinajstić information content (AvgIpc) is 3.29. The van der Waals surface area contributed by atoms with Crippen molar-refractivity contribution in [3.05, 3.63) is 41.5 Å². The van der Waals surface area contributed by atoms with Crippen LogP contribution in [0.2, 0.25) is 0 Å². The van der Waals surface area contributed by atoms with Gasteiger partial charge < -0.3 is 5.32 Å². The van der Waals surface area contributed by atoms with E-state index in [2.05, 4.69) is 15.3 Å². The van der Waals surface area contributed by atoms with Crippen LogP contribution in [0, 0.1) is 17.5 Å². The van der Waals surface area contributed by atoms with Crippen LogP contribution >= 0.6 is 0 Å². The summed E-state index contributed by atoms with van der Waals surface area (Å²) in [4.78, 5) is 8.74. The van der Waals surface area contributed by atoms with E-state index in [1.165, 1.54) is 0 Å². The van der Waals surface area contributed by atoms with Gasteiger partial charge in [-0.25, -0.2) is 23.1 Å². The van der Waals surface area contributed by atoms with E-state index in [4.69, 9.17) is 0 Å². The fourth-order valence-electron chi connectivity index (χ4n) is 2.11. The normalized spacial score (nSPS) is 14.3. The van der Waals surface area contributed by atoms with Crippen molar-refractivity contribution < 1.29 is 13.2 Å². The summed E-state index contributed by atoms with van der Waals surface area (Å²) in [6.07, 6.45) is 2.03. The SMILES string of the molecule is CCNc1cc(-c2cc(F)c(F)c(F)c2)nc(C2CC2)n1. The lowest BCUT2D eigenvalue weighted by Gasteiger charge is -2.09. The predicted octanol–water partition coefficient (Wildman–Crippen LogP) is 3.87. The molecule has 21 heavy (non-hydrogen) atoms. The van der Waals surface area contributed by atoms with Crippen molar-refractivity contribution in [1.29, 1.82) is 0 Å². The van der Waals surface area contributed by atoms with Crippen molar-refractivity contribution in [3.63, 3.8) is 0 Å². The van der Waals surface area contributed by atoms with Gasteiger partial charge in [-0.2, -0.15) is 0 Å². The summed E-state index contributed by atoms with van der Waals surface area (Å²) in [5.41, 5.74) is 0.593. The van der Waals surface area contributed by atoms with Crippen LogP contribution in [0.1, 0.15) is 31.5 Å². The van der Waals surface area contributed by atoms with Gasteiger partial charge in [0.15, 0.2) is 17.5 Å². The molecular formula is C15H14F3N3. The minimum atomic E-state index is -1.47. The zero-order chi connectivity index (χ0) is 15.0. The van der Waals surface area contributed by atoms with Gasteiger partial charge in [-0.1, -0.05) is 0 Å². The minimum absolute atomic E-state index is 0.204. The topological polar surface area (TPSA) is 37.8 Å². The quantitative estimate of drug-likeness (QED) is 0.870. The van der Waals surface area contributed by atoms with E-state index in [1.807, 2.05) is 6.92 Å². The summed E-state index contributed by atoms with van der Waals surface area (Å²) in [7, 11) is 0. The molecule has 1 N–H and O–H groups in total. The van der Waals surface area contributed by atoms with Crippen molar-refractivity contribution in [2.45, 2.75) is 25.7 Å². The van der Waals surface area contributed by atoms with Crippen LogP contribution in [0.25, 0.3) is 11.3 Å². The highest BCUT2D eigenvalue weighted by Gasteiger charge is 2.27. The Hall–Kier alpha value is -2.11. The van der Waals surface area contributed by atoms with Crippen LogP contribution in [0.15, 0.2) is 18.2 Å². The third kappa shape index (κ3) is 2.84. The first-order chi connectivity index (χ1) is 10.1. The van der Waals surface area contributed by atoms with E-state index in [0.717, 1.165) is 25.0 Å². The molecule has 3 rings (SSSR count). The van der Waals surface area contributed by atoms with Crippen LogP contribution in [-0.4, -0.2) is 16.5 Å². The number of nitrogens with zero attached hydrogens (tertiary/aromatic N) is 2. The van der Waals surface area contributed by atoms with Crippen molar-refractivity contribution in [2.24, 2.45) is 0 Å². The Labute approximate surface area is 120 Å².